The summed E-state index contributed by atoms with van der Waals surface area (Å²) >= 11 is 13.8. The molecule has 0 radical (unpaired) electrons. The van der Waals surface area contributed by atoms with Gasteiger partial charge in [-0.3, -0.25) is 4.79 Å². The molecule has 0 bridgehead atoms. The first-order chi connectivity index (χ1) is 13.0. The molecule has 2 aromatic carbocycles. The lowest BCUT2D eigenvalue weighted by atomic mass is 10.2. The number of amides is 1. The zero-order chi connectivity index (χ0) is 19.0. The molecule has 1 aliphatic heterocycles. The third-order valence-electron chi connectivity index (χ3n) is 4.23. The SMILES string of the molecule is COc1ccc(-n2nc3c(c2NC(=O)c2cc(Cl)cc(Cl)c2)CSC3)cc1. The number of benzene rings is 2. The summed E-state index contributed by atoms with van der Waals surface area (Å²) in [5.74, 6) is 2.77. The Morgan fingerprint density at radius 3 is 2.52 bits per heavy atom. The van der Waals surface area contributed by atoms with Gasteiger partial charge < -0.3 is 10.1 Å². The van der Waals surface area contributed by atoms with Crippen LogP contribution in [-0.4, -0.2) is 22.8 Å². The summed E-state index contributed by atoms with van der Waals surface area (Å²) in [7, 11) is 1.62. The van der Waals surface area contributed by atoms with Crippen LogP contribution in [0.15, 0.2) is 42.5 Å². The fourth-order valence-electron chi connectivity index (χ4n) is 2.92. The van der Waals surface area contributed by atoms with Crippen LogP contribution in [0.1, 0.15) is 21.6 Å². The number of ether oxygens (including phenoxy) is 1. The summed E-state index contributed by atoms with van der Waals surface area (Å²) < 4.78 is 6.97. The Kier molecular flexibility index (Phi) is 5.04. The zero-order valence-corrected chi connectivity index (χ0v) is 16.7. The third kappa shape index (κ3) is 3.65. The number of nitrogens with one attached hydrogen (secondary N) is 1. The largest absolute Gasteiger partial charge is 0.497 e. The lowest BCUT2D eigenvalue weighted by Crippen LogP contribution is -2.16. The molecule has 2 heterocycles. The fourth-order valence-corrected chi connectivity index (χ4v) is 4.48. The second kappa shape index (κ2) is 7.46. The number of anilines is 1. The molecule has 1 aromatic heterocycles. The highest BCUT2D eigenvalue weighted by Gasteiger charge is 2.25. The molecule has 27 heavy (non-hydrogen) atoms. The summed E-state index contributed by atoms with van der Waals surface area (Å²) in [4.78, 5) is 12.8. The molecule has 1 N–H and O–H groups in total. The molecule has 1 amide bonds. The average Bonchev–Trinajstić information content (AvgIpc) is 3.23. The van der Waals surface area contributed by atoms with E-state index in [2.05, 4.69) is 10.4 Å². The predicted molar refractivity (Wildman–Crippen MR) is 110 cm³/mol. The predicted octanol–water partition coefficient (Wildman–Crippen LogP) is 5.19. The number of halogens is 2. The highest BCUT2D eigenvalue weighted by Crippen LogP contribution is 2.36. The average molecular weight is 420 g/mol. The smallest absolute Gasteiger partial charge is 0.256 e. The second-order valence-electron chi connectivity index (χ2n) is 5.99. The minimum atomic E-state index is -0.284. The van der Waals surface area contributed by atoms with Crippen molar-refractivity contribution in [2.45, 2.75) is 11.5 Å². The maximum atomic E-state index is 12.8. The van der Waals surface area contributed by atoms with Crippen molar-refractivity contribution in [3.05, 3.63) is 69.3 Å². The van der Waals surface area contributed by atoms with E-state index in [1.54, 1.807) is 41.8 Å². The van der Waals surface area contributed by atoms with Crippen LogP contribution in [0.5, 0.6) is 5.75 Å². The zero-order valence-electron chi connectivity index (χ0n) is 14.3. The molecular formula is C19H15Cl2N3O2S. The fraction of sp³-hybridized carbons (Fsp3) is 0.158. The number of fused-ring (bicyclic) bond motifs is 1. The van der Waals surface area contributed by atoms with E-state index in [-0.39, 0.29) is 5.91 Å². The Morgan fingerprint density at radius 1 is 1.15 bits per heavy atom. The summed E-state index contributed by atoms with van der Waals surface area (Å²) in [5.41, 5.74) is 3.26. The van der Waals surface area contributed by atoms with E-state index >= 15 is 0 Å². The number of nitrogens with zero attached hydrogens (tertiary/aromatic N) is 2. The van der Waals surface area contributed by atoms with E-state index in [4.69, 9.17) is 27.9 Å². The van der Waals surface area contributed by atoms with E-state index in [0.717, 1.165) is 34.2 Å². The molecule has 1 aliphatic rings. The maximum absolute atomic E-state index is 12.8. The van der Waals surface area contributed by atoms with Gasteiger partial charge in [-0.05, 0) is 42.5 Å². The van der Waals surface area contributed by atoms with Crippen molar-refractivity contribution in [3.63, 3.8) is 0 Å². The topological polar surface area (TPSA) is 56.1 Å². The molecule has 8 heteroatoms. The lowest BCUT2D eigenvalue weighted by Gasteiger charge is -2.12. The third-order valence-corrected chi connectivity index (χ3v) is 5.63. The van der Waals surface area contributed by atoms with Crippen LogP contribution < -0.4 is 10.1 Å². The number of carbonyl (C=O) groups excluding carboxylic acids is 1. The van der Waals surface area contributed by atoms with Crippen LogP contribution in [0.2, 0.25) is 10.0 Å². The lowest BCUT2D eigenvalue weighted by molar-refractivity contribution is 0.102. The molecule has 0 aliphatic carbocycles. The normalized spacial score (nSPS) is 12.7. The van der Waals surface area contributed by atoms with Gasteiger partial charge in [0.1, 0.15) is 11.6 Å². The maximum Gasteiger partial charge on any atom is 0.256 e. The summed E-state index contributed by atoms with van der Waals surface area (Å²) in [5, 5.41) is 8.50. The van der Waals surface area contributed by atoms with E-state index in [0.29, 0.717) is 21.4 Å². The number of aromatic nitrogens is 2. The second-order valence-corrected chi connectivity index (χ2v) is 7.85. The Balaban J connectivity index is 1.72. The first kappa shape index (κ1) is 18.2. The molecule has 4 rings (SSSR count). The Labute approximate surface area is 170 Å². The molecule has 0 atom stereocenters. The minimum absolute atomic E-state index is 0.284. The van der Waals surface area contributed by atoms with Crippen molar-refractivity contribution >= 4 is 46.7 Å². The van der Waals surface area contributed by atoms with Crippen LogP contribution in [-0.2, 0) is 11.5 Å². The summed E-state index contributed by atoms with van der Waals surface area (Å²) in [6.07, 6.45) is 0. The van der Waals surface area contributed by atoms with Crippen molar-refractivity contribution < 1.29 is 9.53 Å². The van der Waals surface area contributed by atoms with Crippen molar-refractivity contribution in [3.8, 4) is 11.4 Å². The summed E-state index contributed by atoms with van der Waals surface area (Å²) in [6.45, 7) is 0. The first-order valence-electron chi connectivity index (χ1n) is 8.15. The number of thioether (sulfide) groups is 1. The van der Waals surface area contributed by atoms with Gasteiger partial charge in [0, 0.05) is 32.7 Å². The van der Waals surface area contributed by atoms with Gasteiger partial charge in [0.15, 0.2) is 0 Å². The van der Waals surface area contributed by atoms with Gasteiger partial charge in [0.25, 0.3) is 5.91 Å². The van der Waals surface area contributed by atoms with E-state index in [1.807, 2.05) is 24.3 Å². The van der Waals surface area contributed by atoms with Crippen LogP contribution in [0.4, 0.5) is 5.82 Å². The molecular weight excluding hydrogens is 405 g/mol. The quantitative estimate of drug-likeness (QED) is 0.632. The molecule has 0 saturated heterocycles. The number of carbonyl (C=O) groups is 1. The molecule has 3 aromatic rings. The summed E-state index contributed by atoms with van der Waals surface area (Å²) in [6, 6.07) is 12.3. The number of hydrogen-bond acceptors (Lipinski definition) is 4. The van der Waals surface area contributed by atoms with Gasteiger partial charge in [0.2, 0.25) is 0 Å². The van der Waals surface area contributed by atoms with Crippen LogP contribution in [0.25, 0.3) is 5.69 Å². The Bertz CT molecular complexity index is 998. The molecule has 0 fully saturated rings. The van der Waals surface area contributed by atoms with Gasteiger partial charge in [-0.15, -0.1) is 0 Å². The van der Waals surface area contributed by atoms with Crippen LogP contribution in [0.3, 0.4) is 0 Å². The highest BCUT2D eigenvalue weighted by atomic mass is 35.5. The van der Waals surface area contributed by atoms with Gasteiger partial charge in [0.05, 0.1) is 18.5 Å². The number of methoxy groups -OCH3 is 1. The monoisotopic (exact) mass is 419 g/mol. The van der Waals surface area contributed by atoms with E-state index in [9.17, 15) is 4.79 Å². The van der Waals surface area contributed by atoms with Crippen molar-refractivity contribution in [2.24, 2.45) is 0 Å². The van der Waals surface area contributed by atoms with Crippen molar-refractivity contribution in [1.82, 2.24) is 9.78 Å². The highest BCUT2D eigenvalue weighted by molar-refractivity contribution is 7.98. The first-order valence-corrected chi connectivity index (χ1v) is 10.1. The molecule has 0 spiro atoms. The van der Waals surface area contributed by atoms with Gasteiger partial charge in [-0.1, -0.05) is 23.2 Å². The molecule has 138 valence electrons. The molecule has 5 nitrogen and oxygen atoms in total. The number of rotatable bonds is 4. The standard InChI is InChI=1S/C19H15Cl2N3O2S/c1-26-15-4-2-14(3-5-15)24-18(16-9-27-10-17(16)23-24)22-19(25)11-6-12(20)8-13(21)7-11/h2-8H,9-10H2,1H3,(H,22,25). The molecule has 0 unspecified atom stereocenters. The minimum Gasteiger partial charge on any atom is -0.497 e. The van der Waals surface area contributed by atoms with Gasteiger partial charge in [-0.2, -0.15) is 16.9 Å². The van der Waals surface area contributed by atoms with E-state index < -0.39 is 0 Å². The van der Waals surface area contributed by atoms with Crippen molar-refractivity contribution in [1.29, 1.82) is 0 Å². The Hall–Kier alpha value is -2.15. The van der Waals surface area contributed by atoms with Crippen LogP contribution in [0, 0.1) is 0 Å². The number of hydrogen-bond donors (Lipinski definition) is 1. The Morgan fingerprint density at radius 2 is 1.85 bits per heavy atom. The van der Waals surface area contributed by atoms with Crippen molar-refractivity contribution in [2.75, 3.05) is 12.4 Å². The molecule has 0 saturated carbocycles. The van der Waals surface area contributed by atoms with Gasteiger partial charge in [-0.25, -0.2) is 4.68 Å². The van der Waals surface area contributed by atoms with Gasteiger partial charge >= 0.3 is 0 Å². The van der Waals surface area contributed by atoms with E-state index in [1.165, 1.54) is 0 Å². The van der Waals surface area contributed by atoms with Crippen LogP contribution >= 0.6 is 35.0 Å².